The van der Waals surface area contributed by atoms with Gasteiger partial charge in [-0.05, 0) is 0 Å². The molecule has 1 aromatic carbocycles. The SMILES string of the molecule is [CH3][Sn]([CH3])([CH3])[c]1cccn1S(=O)(=O)c1ccccc1. The second-order valence-electron chi connectivity index (χ2n) is 5.26. The first-order chi connectivity index (χ1) is 8.33. The molecule has 0 unspecified atom stereocenters. The molecule has 0 aliphatic rings. The summed E-state index contributed by atoms with van der Waals surface area (Å²) < 4.78 is 27.6. The van der Waals surface area contributed by atoms with Crippen LogP contribution in [0.1, 0.15) is 0 Å². The molecule has 0 N–H and O–H groups in total. The van der Waals surface area contributed by atoms with Crippen LogP contribution in [-0.2, 0) is 10.0 Å². The van der Waals surface area contributed by atoms with E-state index in [0.717, 1.165) is 3.71 Å². The summed E-state index contributed by atoms with van der Waals surface area (Å²) in [5.74, 6) is 0. The van der Waals surface area contributed by atoms with Crippen molar-refractivity contribution in [2.45, 2.75) is 19.7 Å². The molecule has 5 heteroatoms. The van der Waals surface area contributed by atoms with Gasteiger partial charge in [-0.25, -0.2) is 0 Å². The summed E-state index contributed by atoms with van der Waals surface area (Å²) in [4.78, 5) is 6.97. The zero-order chi connectivity index (χ0) is 13.4. The maximum atomic E-state index is 12.6. The van der Waals surface area contributed by atoms with Gasteiger partial charge >= 0.3 is 113 Å². The molecular formula is C13H17NO2SSn. The van der Waals surface area contributed by atoms with E-state index >= 15 is 0 Å². The third kappa shape index (κ3) is 2.49. The fourth-order valence-corrected chi connectivity index (χ4v) is 9.81. The zero-order valence-corrected chi connectivity index (χ0v) is 14.5. The monoisotopic (exact) mass is 371 g/mol. The molecule has 18 heavy (non-hydrogen) atoms. The Morgan fingerprint density at radius 1 is 0.944 bits per heavy atom. The summed E-state index contributed by atoms with van der Waals surface area (Å²) in [5.41, 5.74) is 0. The van der Waals surface area contributed by atoms with E-state index in [1.807, 2.05) is 18.2 Å². The fraction of sp³-hybridized carbons (Fsp3) is 0.231. The van der Waals surface area contributed by atoms with Gasteiger partial charge in [-0.3, -0.25) is 0 Å². The number of aromatic nitrogens is 1. The summed E-state index contributed by atoms with van der Waals surface area (Å²) in [6.45, 7) is 0. The van der Waals surface area contributed by atoms with Crippen LogP contribution in [0.25, 0.3) is 0 Å². The molecule has 1 aromatic heterocycles. The topological polar surface area (TPSA) is 39.1 Å². The van der Waals surface area contributed by atoms with Crippen molar-refractivity contribution >= 4 is 32.1 Å². The summed E-state index contributed by atoms with van der Waals surface area (Å²) in [7, 11) is -3.44. The molecule has 3 nitrogen and oxygen atoms in total. The quantitative estimate of drug-likeness (QED) is 0.778. The summed E-state index contributed by atoms with van der Waals surface area (Å²) >= 11 is -2.44. The molecule has 1 heterocycles. The van der Waals surface area contributed by atoms with Gasteiger partial charge in [0.05, 0.1) is 0 Å². The van der Waals surface area contributed by atoms with Crippen molar-refractivity contribution in [2.24, 2.45) is 0 Å². The van der Waals surface area contributed by atoms with E-state index in [4.69, 9.17) is 0 Å². The second-order valence-corrected chi connectivity index (χ2v) is 21.4. The van der Waals surface area contributed by atoms with Crippen molar-refractivity contribution in [2.75, 3.05) is 0 Å². The number of nitrogens with zero attached hydrogens (tertiary/aromatic N) is 1. The molecular weight excluding hydrogens is 353 g/mol. The van der Waals surface area contributed by atoms with E-state index in [-0.39, 0.29) is 0 Å². The molecule has 0 aliphatic heterocycles. The van der Waals surface area contributed by atoms with Gasteiger partial charge in [0.2, 0.25) is 0 Å². The molecule has 0 atom stereocenters. The van der Waals surface area contributed by atoms with Gasteiger partial charge in [-0.1, -0.05) is 0 Å². The average Bonchev–Trinajstić information content (AvgIpc) is 2.79. The Kier molecular flexibility index (Phi) is 3.60. The van der Waals surface area contributed by atoms with Gasteiger partial charge in [-0.15, -0.1) is 0 Å². The van der Waals surface area contributed by atoms with Crippen molar-refractivity contribution in [1.82, 2.24) is 3.97 Å². The third-order valence-corrected chi connectivity index (χ3v) is 10.5. The summed E-state index contributed by atoms with van der Waals surface area (Å²) in [6.07, 6.45) is 1.65. The second kappa shape index (κ2) is 4.73. The minimum atomic E-state index is -3.44. The molecule has 2 aromatic rings. The Labute approximate surface area is 112 Å². The molecule has 0 bridgehead atoms. The predicted molar refractivity (Wildman–Crippen MR) is 76.4 cm³/mol. The summed E-state index contributed by atoms with van der Waals surface area (Å²) in [5, 5.41) is 0. The van der Waals surface area contributed by atoms with Crippen LogP contribution >= 0.6 is 0 Å². The van der Waals surface area contributed by atoms with Crippen molar-refractivity contribution in [3.8, 4) is 0 Å². The first kappa shape index (κ1) is 13.7. The standard InChI is InChI=1S/C10H8NO2S.3CH3.Sn/c12-14(13,11-8-4-5-9-11)10-6-2-1-3-7-10;;;;/h1-8H;3*1H3;. The van der Waals surface area contributed by atoms with Crippen LogP contribution in [0.4, 0.5) is 0 Å². The van der Waals surface area contributed by atoms with Crippen molar-refractivity contribution in [1.29, 1.82) is 0 Å². The Hall–Kier alpha value is -0.751. The number of hydrogen-bond acceptors (Lipinski definition) is 2. The van der Waals surface area contributed by atoms with Gasteiger partial charge in [0, 0.05) is 0 Å². The Bertz CT molecular complexity index is 639. The van der Waals surface area contributed by atoms with Gasteiger partial charge in [0.1, 0.15) is 0 Å². The van der Waals surface area contributed by atoms with Crippen molar-refractivity contribution in [3.05, 3.63) is 48.7 Å². The Morgan fingerprint density at radius 3 is 2.11 bits per heavy atom. The first-order valence-electron chi connectivity index (χ1n) is 5.82. The minimum absolute atomic E-state index is 0.345. The van der Waals surface area contributed by atoms with Gasteiger partial charge < -0.3 is 0 Å². The van der Waals surface area contributed by atoms with Crippen LogP contribution in [0.3, 0.4) is 0 Å². The van der Waals surface area contributed by atoms with Crippen LogP contribution in [0, 0.1) is 0 Å². The fourth-order valence-electron chi connectivity index (χ4n) is 1.86. The number of benzene rings is 1. The number of rotatable bonds is 3. The number of hydrogen-bond donors (Lipinski definition) is 0. The molecule has 0 saturated carbocycles. The van der Waals surface area contributed by atoms with E-state index in [1.165, 1.54) is 3.97 Å². The molecule has 96 valence electrons. The molecule has 0 spiro atoms. The first-order valence-corrected chi connectivity index (χ1v) is 17.2. The molecule has 0 fully saturated rings. The molecule has 0 amide bonds. The summed E-state index contributed by atoms with van der Waals surface area (Å²) in [6, 6.07) is 12.3. The van der Waals surface area contributed by atoms with Crippen LogP contribution in [0.15, 0.2) is 53.6 Å². The Balaban J connectivity index is 2.60. The van der Waals surface area contributed by atoms with Crippen LogP contribution in [0.5, 0.6) is 0 Å². The third-order valence-electron chi connectivity index (χ3n) is 2.78. The van der Waals surface area contributed by atoms with Gasteiger partial charge in [-0.2, -0.15) is 0 Å². The Morgan fingerprint density at radius 2 is 1.56 bits per heavy atom. The van der Waals surface area contributed by atoms with E-state index in [1.54, 1.807) is 30.5 Å². The van der Waals surface area contributed by atoms with Crippen molar-refractivity contribution in [3.63, 3.8) is 0 Å². The molecule has 0 saturated heterocycles. The van der Waals surface area contributed by atoms with Gasteiger partial charge in [0.25, 0.3) is 0 Å². The van der Waals surface area contributed by atoms with Gasteiger partial charge in [0.15, 0.2) is 0 Å². The van der Waals surface area contributed by atoms with E-state index in [9.17, 15) is 8.42 Å². The van der Waals surface area contributed by atoms with Crippen LogP contribution < -0.4 is 3.71 Å². The zero-order valence-electron chi connectivity index (χ0n) is 10.8. The molecule has 0 aliphatic carbocycles. The van der Waals surface area contributed by atoms with Crippen molar-refractivity contribution < 1.29 is 8.42 Å². The molecule has 2 rings (SSSR count). The van der Waals surface area contributed by atoms with E-state index in [0.29, 0.717) is 4.90 Å². The van der Waals surface area contributed by atoms with E-state index in [2.05, 4.69) is 14.8 Å². The van der Waals surface area contributed by atoms with Crippen LogP contribution in [-0.4, -0.2) is 30.8 Å². The molecule has 0 radical (unpaired) electrons. The van der Waals surface area contributed by atoms with E-state index < -0.39 is 28.4 Å². The maximum absolute atomic E-state index is 12.6. The normalized spacial score (nSPS) is 12.6. The predicted octanol–water partition coefficient (Wildman–Crippen LogP) is 2.27. The van der Waals surface area contributed by atoms with Crippen LogP contribution in [0.2, 0.25) is 14.8 Å². The average molecular weight is 370 g/mol.